The average Bonchev–Trinajstić information content (AvgIpc) is 2.98. The van der Waals surface area contributed by atoms with E-state index in [1.165, 1.54) is 12.1 Å². The third kappa shape index (κ3) is 6.03. The molecule has 0 saturated carbocycles. The summed E-state index contributed by atoms with van der Waals surface area (Å²) < 4.78 is 15.3. The van der Waals surface area contributed by atoms with Crippen LogP contribution in [0.25, 0.3) is 5.69 Å². The highest BCUT2D eigenvalue weighted by Crippen LogP contribution is 2.17. The first-order valence-corrected chi connectivity index (χ1v) is 9.45. The van der Waals surface area contributed by atoms with Crippen LogP contribution in [0.15, 0.2) is 59.6 Å². The monoisotopic (exact) mass is 507 g/mol. The second-order valence-electron chi connectivity index (χ2n) is 6.58. The van der Waals surface area contributed by atoms with Crippen molar-refractivity contribution >= 4 is 29.9 Å². The van der Waals surface area contributed by atoms with E-state index in [9.17, 15) is 4.39 Å². The molecule has 0 aliphatic heterocycles. The number of benzene rings is 2. The van der Waals surface area contributed by atoms with Gasteiger partial charge in [-0.25, -0.2) is 14.1 Å². The van der Waals surface area contributed by atoms with Crippen molar-refractivity contribution in [1.82, 2.24) is 20.4 Å². The summed E-state index contributed by atoms with van der Waals surface area (Å²) in [5, 5.41) is 11.3. The van der Waals surface area contributed by atoms with Crippen LogP contribution in [0.3, 0.4) is 0 Å². The third-order valence-electron chi connectivity index (χ3n) is 4.53. The number of hydrogen-bond donors (Lipinski definition) is 2. The number of nitrogens with zero attached hydrogens (tertiary/aromatic N) is 3. The molecule has 0 radical (unpaired) electrons. The molecule has 2 N–H and O–H groups in total. The highest BCUT2D eigenvalue weighted by molar-refractivity contribution is 14.0. The van der Waals surface area contributed by atoms with Gasteiger partial charge in [-0.1, -0.05) is 30.3 Å². The summed E-state index contributed by atoms with van der Waals surface area (Å²) in [5.41, 5.74) is 5.09. The van der Waals surface area contributed by atoms with Crippen molar-refractivity contribution in [2.75, 3.05) is 6.54 Å². The Hall–Kier alpha value is -2.42. The van der Waals surface area contributed by atoms with E-state index in [0.29, 0.717) is 19.0 Å². The Morgan fingerprint density at radius 2 is 1.83 bits per heavy atom. The zero-order valence-electron chi connectivity index (χ0n) is 16.9. The normalized spacial score (nSPS) is 11.1. The molecule has 1 heterocycles. The topological polar surface area (TPSA) is 54.2 Å². The molecular weight excluding hydrogens is 480 g/mol. The molecule has 2 aromatic carbocycles. The number of nitrogens with one attached hydrogen (secondary N) is 2. The SMILES string of the molecule is CCNC(=NCc1cccc(F)c1)NCc1c(C)nn(-c2ccccc2)c1C.I. The van der Waals surface area contributed by atoms with E-state index in [0.717, 1.165) is 34.7 Å². The van der Waals surface area contributed by atoms with Crippen LogP contribution in [0, 0.1) is 19.7 Å². The predicted molar refractivity (Wildman–Crippen MR) is 127 cm³/mol. The third-order valence-corrected chi connectivity index (χ3v) is 4.53. The Kier molecular flexibility index (Phi) is 8.63. The number of para-hydroxylation sites is 1. The standard InChI is InChI=1S/C22H26FN5.HI/c1-4-24-22(25-14-18-9-8-10-19(23)13-18)26-15-21-16(2)27-28(17(21)3)20-11-6-5-7-12-20;/h5-13H,4,14-15H2,1-3H3,(H2,24,25,26);1H. The molecule has 5 nitrogen and oxygen atoms in total. The van der Waals surface area contributed by atoms with Crippen LogP contribution in [-0.4, -0.2) is 22.3 Å². The van der Waals surface area contributed by atoms with Gasteiger partial charge >= 0.3 is 0 Å². The van der Waals surface area contributed by atoms with Crippen molar-refractivity contribution in [2.24, 2.45) is 4.99 Å². The summed E-state index contributed by atoms with van der Waals surface area (Å²) in [7, 11) is 0. The maximum atomic E-state index is 13.4. The fourth-order valence-electron chi connectivity index (χ4n) is 3.07. The van der Waals surface area contributed by atoms with Crippen molar-refractivity contribution < 1.29 is 4.39 Å². The summed E-state index contributed by atoms with van der Waals surface area (Å²) in [6.45, 7) is 7.87. The van der Waals surface area contributed by atoms with E-state index in [4.69, 9.17) is 0 Å². The molecular formula is C22H27FIN5. The lowest BCUT2D eigenvalue weighted by Gasteiger charge is -2.12. The largest absolute Gasteiger partial charge is 0.357 e. The summed E-state index contributed by atoms with van der Waals surface area (Å²) in [6.07, 6.45) is 0. The van der Waals surface area contributed by atoms with Crippen LogP contribution in [-0.2, 0) is 13.1 Å². The van der Waals surface area contributed by atoms with Crippen LogP contribution in [0.2, 0.25) is 0 Å². The van der Waals surface area contributed by atoms with E-state index in [2.05, 4.69) is 27.6 Å². The molecule has 1 aromatic heterocycles. The number of aliphatic imine (C=N–C) groups is 1. The highest BCUT2D eigenvalue weighted by Gasteiger charge is 2.13. The van der Waals surface area contributed by atoms with Crippen LogP contribution in [0.4, 0.5) is 4.39 Å². The molecule has 7 heteroatoms. The van der Waals surface area contributed by atoms with Gasteiger partial charge in [-0.2, -0.15) is 5.10 Å². The van der Waals surface area contributed by atoms with E-state index < -0.39 is 0 Å². The number of rotatable bonds is 6. The Bertz CT molecular complexity index is 953. The van der Waals surface area contributed by atoms with Crippen molar-refractivity contribution in [3.8, 4) is 5.69 Å². The van der Waals surface area contributed by atoms with Gasteiger partial charge in [0.25, 0.3) is 0 Å². The summed E-state index contributed by atoms with van der Waals surface area (Å²) in [6, 6.07) is 16.6. The minimum atomic E-state index is -0.245. The number of aryl methyl sites for hydroxylation is 1. The smallest absolute Gasteiger partial charge is 0.191 e. The first-order valence-electron chi connectivity index (χ1n) is 9.45. The quantitative estimate of drug-likeness (QED) is 0.294. The van der Waals surface area contributed by atoms with Gasteiger partial charge in [0.2, 0.25) is 0 Å². The van der Waals surface area contributed by atoms with Gasteiger partial charge in [0.05, 0.1) is 17.9 Å². The van der Waals surface area contributed by atoms with Crippen molar-refractivity contribution in [3.05, 3.63) is 82.9 Å². The molecule has 0 unspecified atom stereocenters. The van der Waals surface area contributed by atoms with Crippen molar-refractivity contribution in [1.29, 1.82) is 0 Å². The van der Waals surface area contributed by atoms with Gasteiger partial charge in [0.15, 0.2) is 5.96 Å². The van der Waals surface area contributed by atoms with Crippen molar-refractivity contribution in [3.63, 3.8) is 0 Å². The number of aromatic nitrogens is 2. The molecule has 0 aliphatic carbocycles. The minimum Gasteiger partial charge on any atom is -0.357 e. The van der Waals surface area contributed by atoms with Crippen molar-refractivity contribution in [2.45, 2.75) is 33.9 Å². The fourth-order valence-corrected chi connectivity index (χ4v) is 3.07. The van der Waals surface area contributed by atoms with Crippen LogP contribution in [0.1, 0.15) is 29.4 Å². The summed E-state index contributed by atoms with van der Waals surface area (Å²) in [4.78, 5) is 4.56. The van der Waals surface area contributed by atoms with Crippen LogP contribution in [0.5, 0.6) is 0 Å². The van der Waals surface area contributed by atoms with Crippen LogP contribution >= 0.6 is 24.0 Å². The second-order valence-corrected chi connectivity index (χ2v) is 6.58. The van der Waals surface area contributed by atoms with E-state index in [1.54, 1.807) is 6.07 Å². The molecule has 29 heavy (non-hydrogen) atoms. The predicted octanol–water partition coefficient (Wildman–Crippen LogP) is 4.50. The first kappa shape index (κ1) is 22.9. The van der Waals surface area contributed by atoms with Gasteiger partial charge in [0, 0.05) is 24.3 Å². The number of halogens is 2. The van der Waals surface area contributed by atoms with E-state index in [1.807, 2.05) is 54.9 Å². The Morgan fingerprint density at radius 1 is 1.07 bits per heavy atom. The minimum absolute atomic E-state index is 0. The molecule has 0 fully saturated rings. The summed E-state index contributed by atoms with van der Waals surface area (Å²) in [5.74, 6) is 0.447. The first-order chi connectivity index (χ1) is 13.6. The lowest BCUT2D eigenvalue weighted by molar-refractivity contribution is 0.625. The summed E-state index contributed by atoms with van der Waals surface area (Å²) >= 11 is 0. The number of guanidine groups is 1. The maximum Gasteiger partial charge on any atom is 0.191 e. The average molecular weight is 507 g/mol. The van der Waals surface area contributed by atoms with Gasteiger partial charge in [-0.15, -0.1) is 24.0 Å². The lowest BCUT2D eigenvalue weighted by atomic mass is 10.2. The molecule has 0 atom stereocenters. The second kappa shape index (κ2) is 10.9. The molecule has 0 amide bonds. The fraction of sp³-hybridized carbons (Fsp3) is 0.273. The highest BCUT2D eigenvalue weighted by atomic mass is 127. The van der Waals surface area contributed by atoms with Gasteiger partial charge in [0.1, 0.15) is 5.82 Å². The zero-order chi connectivity index (χ0) is 19.9. The van der Waals surface area contributed by atoms with E-state index >= 15 is 0 Å². The van der Waals surface area contributed by atoms with Gasteiger partial charge < -0.3 is 10.6 Å². The van der Waals surface area contributed by atoms with Gasteiger partial charge in [-0.05, 0) is 50.6 Å². The maximum absolute atomic E-state index is 13.4. The van der Waals surface area contributed by atoms with E-state index in [-0.39, 0.29) is 29.8 Å². The van der Waals surface area contributed by atoms with Crippen LogP contribution < -0.4 is 10.6 Å². The zero-order valence-corrected chi connectivity index (χ0v) is 19.3. The molecule has 3 aromatic rings. The molecule has 0 saturated heterocycles. The number of hydrogen-bond acceptors (Lipinski definition) is 2. The van der Waals surface area contributed by atoms with Gasteiger partial charge in [-0.3, -0.25) is 0 Å². The molecule has 0 spiro atoms. The Labute approximate surface area is 188 Å². The lowest BCUT2D eigenvalue weighted by Crippen LogP contribution is -2.37. The molecule has 0 bridgehead atoms. The Balaban J connectivity index is 0.00000300. The Morgan fingerprint density at radius 3 is 2.52 bits per heavy atom. The molecule has 0 aliphatic rings. The molecule has 3 rings (SSSR count). The molecule has 154 valence electrons.